The molecule has 1 aliphatic carbocycles. The minimum absolute atomic E-state index is 0.157. The van der Waals surface area contributed by atoms with Crippen LogP contribution in [-0.4, -0.2) is 24.8 Å². The van der Waals surface area contributed by atoms with Crippen LogP contribution in [0.15, 0.2) is 24.3 Å². The van der Waals surface area contributed by atoms with E-state index in [2.05, 4.69) is 17.9 Å². The maximum atomic E-state index is 14.3. The maximum Gasteiger partial charge on any atom is 0.231 e. The molecule has 0 bridgehead atoms. The van der Waals surface area contributed by atoms with Gasteiger partial charge in [0, 0.05) is 18.2 Å². The van der Waals surface area contributed by atoms with E-state index >= 15 is 0 Å². The smallest absolute Gasteiger partial charge is 0.231 e. The molecule has 0 saturated heterocycles. The lowest BCUT2D eigenvalue weighted by atomic mass is 9.76. The van der Waals surface area contributed by atoms with Crippen LogP contribution in [0.4, 0.5) is 4.39 Å². The first-order valence-corrected chi connectivity index (χ1v) is 8.74. The van der Waals surface area contributed by atoms with Gasteiger partial charge in [-0.25, -0.2) is 4.39 Å². The van der Waals surface area contributed by atoms with E-state index in [9.17, 15) is 4.39 Å². The van der Waals surface area contributed by atoms with E-state index in [0.717, 1.165) is 60.5 Å². The molecule has 0 amide bonds. The van der Waals surface area contributed by atoms with Crippen LogP contribution in [-0.2, 0) is 12.8 Å². The van der Waals surface area contributed by atoms with Crippen LogP contribution in [0, 0.1) is 5.82 Å². The van der Waals surface area contributed by atoms with Gasteiger partial charge >= 0.3 is 0 Å². The summed E-state index contributed by atoms with van der Waals surface area (Å²) >= 11 is 0. The number of nitrogens with zero attached hydrogens (tertiary/aromatic N) is 1. The molecule has 0 aromatic heterocycles. The number of halogens is 1. The molecule has 1 atom stereocenters. The molecule has 4 heteroatoms. The number of ether oxygens (including phenoxy) is 2. The Kier molecular flexibility index (Phi) is 3.10. The van der Waals surface area contributed by atoms with Crippen molar-refractivity contribution in [3.05, 3.63) is 46.8 Å². The van der Waals surface area contributed by atoms with Gasteiger partial charge in [-0.15, -0.1) is 0 Å². The summed E-state index contributed by atoms with van der Waals surface area (Å²) in [4.78, 5) is 2.55. The van der Waals surface area contributed by atoms with Gasteiger partial charge in [-0.3, -0.25) is 4.90 Å². The Balaban J connectivity index is 1.76. The van der Waals surface area contributed by atoms with Crippen molar-refractivity contribution in [2.45, 2.75) is 32.2 Å². The van der Waals surface area contributed by atoms with E-state index in [1.807, 2.05) is 6.07 Å². The molecule has 0 saturated carbocycles. The van der Waals surface area contributed by atoms with E-state index < -0.39 is 0 Å². The van der Waals surface area contributed by atoms with Crippen molar-refractivity contribution < 1.29 is 13.9 Å². The van der Waals surface area contributed by atoms with E-state index in [1.165, 1.54) is 11.1 Å². The van der Waals surface area contributed by atoms with Gasteiger partial charge in [0.2, 0.25) is 6.79 Å². The molecule has 2 aromatic carbocycles. The minimum atomic E-state index is -0.157. The van der Waals surface area contributed by atoms with Gasteiger partial charge in [0.25, 0.3) is 0 Å². The van der Waals surface area contributed by atoms with E-state index in [4.69, 9.17) is 9.47 Å². The second kappa shape index (κ2) is 5.21. The Morgan fingerprint density at radius 1 is 1.21 bits per heavy atom. The quantitative estimate of drug-likeness (QED) is 0.830. The Labute approximate surface area is 141 Å². The molecular weight excluding hydrogens is 305 g/mol. The molecule has 2 aliphatic heterocycles. The van der Waals surface area contributed by atoms with E-state index in [1.54, 1.807) is 12.1 Å². The molecule has 2 heterocycles. The Morgan fingerprint density at radius 2 is 2.12 bits per heavy atom. The van der Waals surface area contributed by atoms with Crippen molar-refractivity contribution >= 4 is 0 Å². The summed E-state index contributed by atoms with van der Waals surface area (Å²) < 4.78 is 25.6. The Bertz CT molecular complexity index is 833. The highest BCUT2D eigenvalue weighted by Gasteiger charge is 2.37. The van der Waals surface area contributed by atoms with Crippen molar-refractivity contribution in [2.24, 2.45) is 0 Å². The van der Waals surface area contributed by atoms with Crippen LogP contribution in [0.25, 0.3) is 11.1 Å². The zero-order chi connectivity index (χ0) is 16.3. The van der Waals surface area contributed by atoms with Crippen molar-refractivity contribution in [3.63, 3.8) is 0 Å². The van der Waals surface area contributed by atoms with Crippen LogP contribution >= 0.6 is 0 Å². The van der Waals surface area contributed by atoms with Crippen molar-refractivity contribution in [1.82, 2.24) is 4.90 Å². The number of hydrogen-bond donors (Lipinski definition) is 0. The molecule has 24 heavy (non-hydrogen) atoms. The fourth-order valence-electron chi connectivity index (χ4n) is 4.56. The molecule has 3 aliphatic rings. The summed E-state index contributed by atoms with van der Waals surface area (Å²) in [5.74, 6) is 1.40. The van der Waals surface area contributed by atoms with E-state index in [0.29, 0.717) is 6.04 Å². The lowest BCUT2D eigenvalue weighted by Gasteiger charge is -2.41. The van der Waals surface area contributed by atoms with Gasteiger partial charge in [-0.1, -0.05) is 13.0 Å². The number of rotatable bonds is 2. The van der Waals surface area contributed by atoms with Gasteiger partial charge < -0.3 is 9.47 Å². The highest BCUT2D eigenvalue weighted by atomic mass is 19.1. The average Bonchev–Trinajstić information content (AvgIpc) is 3.05. The summed E-state index contributed by atoms with van der Waals surface area (Å²) in [6.07, 6.45) is 3.01. The summed E-state index contributed by atoms with van der Waals surface area (Å²) in [7, 11) is 0. The Hall–Kier alpha value is -2.07. The van der Waals surface area contributed by atoms with Gasteiger partial charge in [0.1, 0.15) is 5.82 Å². The maximum absolute atomic E-state index is 14.3. The second-order valence-electron chi connectivity index (χ2n) is 6.87. The summed E-state index contributed by atoms with van der Waals surface area (Å²) in [6.45, 7) is 4.56. The summed E-state index contributed by atoms with van der Waals surface area (Å²) in [5, 5.41) is 0. The Morgan fingerprint density at radius 3 is 3.00 bits per heavy atom. The number of benzene rings is 2. The zero-order valence-electron chi connectivity index (χ0n) is 13.8. The molecular formula is C20H20FNO2. The third kappa shape index (κ3) is 1.92. The largest absolute Gasteiger partial charge is 0.454 e. The predicted molar refractivity (Wildman–Crippen MR) is 90.0 cm³/mol. The van der Waals surface area contributed by atoms with Gasteiger partial charge in [-0.2, -0.15) is 0 Å². The molecule has 2 aromatic rings. The molecule has 0 N–H and O–H groups in total. The highest BCUT2D eigenvalue weighted by molar-refractivity contribution is 5.83. The lowest BCUT2D eigenvalue weighted by Crippen LogP contribution is -2.39. The number of hydrogen-bond acceptors (Lipinski definition) is 3. The molecule has 3 nitrogen and oxygen atoms in total. The summed E-state index contributed by atoms with van der Waals surface area (Å²) in [6, 6.07) is 7.85. The SMILES string of the molecule is CCCN1CCc2cc(F)cc3c2[C@H]1Cc1ccc2c(c1-3)OCO2. The molecule has 5 rings (SSSR count). The standard InChI is InChI=1S/C20H20FNO2/c1-2-6-22-7-5-13-8-14(21)10-15-18(13)16(22)9-12-3-4-17-20(19(12)15)24-11-23-17/h3-4,8,10,16H,2,5-7,9,11H2,1H3/t16-/m1/s1. The fourth-order valence-corrected chi connectivity index (χ4v) is 4.56. The fraction of sp³-hybridized carbons (Fsp3) is 0.400. The molecule has 0 fully saturated rings. The van der Waals surface area contributed by atoms with Crippen molar-refractivity contribution in [1.29, 1.82) is 0 Å². The lowest BCUT2D eigenvalue weighted by molar-refractivity contribution is 0.173. The molecule has 0 radical (unpaired) electrons. The van der Waals surface area contributed by atoms with Gasteiger partial charge in [-0.05, 0) is 66.3 Å². The third-order valence-corrected chi connectivity index (χ3v) is 5.49. The van der Waals surface area contributed by atoms with Crippen LogP contribution in [0.1, 0.15) is 36.1 Å². The van der Waals surface area contributed by atoms with Crippen molar-refractivity contribution in [3.8, 4) is 22.6 Å². The normalized spacial score (nSPS) is 20.7. The van der Waals surface area contributed by atoms with E-state index in [-0.39, 0.29) is 12.6 Å². The third-order valence-electron chi connectivity index (χ3n) is 5.49. The summed E-state index contributed by atoms with van der Waals surface area (Å²) in [5.41, 5.74) is 5.73. The number of fused-ring (bicyclic) bond motifs is 4. The second-order valence-corrected chi connectivity index (χ2v) is 6.87. The first kappa shape index (κ1) is 14.3. The first-order valence-electron chi connectivity index (χ1n) is 8.74. The zero-order valence-corrected chi connectivity index (χ0v) is 13.8. The van der Waals surface area contributed by atoms with Gasteiger partial charge in [0.05, 0.1) is 0 Å². The monoisotopic (exact) mass is 325 g/mol. The predicted octanol–water partition coefficient (Wildman–Crippen LogP) is 4.09. The molecule has 0 unspecified atom stereocenters. The van der Waals surface area contributed by atoms with Crippen molar-refractivity contribution in [2.75, 3.05) is 19.9 Å². The molecule has 124 valence electrons. The average molecular weight is 325 g/mol. The minimum Gasteiger partial charge on any atom is -0.454 e. The highest BCUT2D eigenvalue weighted by Crippen LogP contribution is 2.52. The molecule has 0 spiro atoms. The first-order chi connectivity index (χ1) is 11.8. The van der Waals surface area contributed by atoms with Gasteiger partial charge in [0.15, 0.2) is 11.5 Å². The van der Waals surface area contributed by atoms with Crippen LogP contribution < -0.4 is 9.47 Å². The van der Waals surface area contributed by atoms with Crippen LogP contribution in [0.5, 0.6) is 11.5 Å². The topological polar surface area (TPSA) is 21.7 Å². The van der Waals surface area contributed by atoms with Crippen LogP contribution in [0.2, 0.25) is 0 Å². The van der Waals surface area contributed by atoms with Crippen LogP contribution in [0.3, 0.4) is 0 Å².